The van der Waals surface area contributed by atoms with Gasteiger partial charge in [-0.3, -0.25) is 0 Å². The lowest BCUT2D eigenvalue weighted by Gasteiger charge is -2.19. The molecule has 2 heterocycles. The van der Waals surface area contributed by atoms with E-state index in [1.54, 1.807) is 0 Å². The van der Waals surface area contributed by atoms with Gasteiger partial charge in [-0.15, -0.1) is 11.3 Å². The van der Waals surface area contributed by atoms with Gasteiger partial charge in [0.25, 0.3) is 0 Å². The fourth-order valence-corrected chi connectivity index (χ4v) is 4.59. The molecule has 0 unspecified atom stereocenters. The maximum atomic E-state index is 4.90. The van der Waals surface area contributed by atoms with E-state index in [-0.39, 0.29) is 0 Å². The molecule has 3 heteroatoms. The number of nitrogens with zero attached hydrogens (tertiary/aromatic N) is 2. The van der Waals surface area contributed by atoms with Crippen LogP contribution in [0.2, 0.25) is 0 Å². The van der Waals surface area contributed by atoms with Gasteiger partial charge in [-0.2, -0.15) is 0 Å². The number of fused-ring (bicyclic) bond motifs is 1. The van der Waals surface area contributed by atoms with E-state index in [4.69, 9.17) is 4.98 Å². The summed E-state index contributed by atoms with van der Waals surface area (Å²) in [5, 5.41) is 1.27. The molecule has 1 aliphatic heterocycles. The lowest BCUT2D eigenvalue weighted by Crippen LogP contribution is -2.28. The number of rotatable bonds is 4. The van der Waals surface area contributed by atoms with Gasteiger partial charge in [0.05, 0.1) is 15.2 Å². The van der Waals surface area contributed by atoms with Crippen LogP contribution in [0.5, 0.6) is 0 Å². The Morgan fingerprint density at radius 1 is 1.17 bits per heavy atom. The molecular formula is C21H24N2S. The van der Waals surface area contributed by atoms with Gasteiger partial charge in [0.1, 0.15) is 0 Å². The van der Waals surface area contributed by atoms with Crippen molar-refractivity contribution >= 4 is 21.6 Å². The molecule has 0 bridgehead atoms. The second kappa shape index (κ2) is 6.66. The first-order valence-corrected chi connectivity index (χ1v) is 9.71. The maximum absolute atomic E-state index is 4.90. The summed E-state index contributed by atoms with van der Waals surface area (Å²) >= 11 is 1.85. The Bertz CT molecular complexity index is 852. The monoisotopic (exact) mass is 336 g/mol. The molecule has 1 saturated heterocycles. The van der Waals surface area contributed by atoms with Crippen molar-refractivity contribution in [2.75, 3.05) is 13.1 Å². The molecule has 0 amide bonds. The maximum Gasteiger partial charge on any atom is 0.0951 e. The molecule has 1 aliphatic rings. The summed E-state index contributed by atoms with van der Waals surface area (Å²) in [6, 6.07) is 16.1. The van der Waals surface area contributed by atoms with Crippen molar-refractivity contribution in [3.63, 3.8) is 0 Å². The number of benzene rings is 2. The fraction of sp³-hybridized carbons (Fsp3) is 0.381. The van der Waals surface area contributed by atoms with E-state index in [1.807, 2.05) is 11.3 Å². The normalized spacial score (nSPS) is 18.5. The molecule has 2 aromatic carbocycles. The quantitative estimate of drug-likeness (QED) is 0.643. The average molecular weight is 337 g/mol. The molecule has 3 aromatic rings. The molecule has 0 spiro atoms. The summed E-state index contributed by atoms with van der Waals surface area (Å²) in [6.45, 7) is 6.89. The third-order valence-corrected chi connectivity index (χ3v) is 6.18. The van der Waals surface area contributed by atoms with Gasteiger partial charge in [-0.05, 0) is 56.5 Å². The van der Waals surface area contributed by atoms with Crippen molar-refractivity contribution in [2.24, 2.45) is 0 Å². The number of likely N-dealkylation sites (tertiary alicyclic amines) is 1. The molecule has 0 saturated carbocycles. The zero-order valence-corrected chi connectivity index (χ0v) is 15.3. The van der Waals surface area contributed by atoms with E-state index >= 15 is 0 Å². The minimum absolute atomic E-state index is 0.743. The van der Waals surface area contributed by atoms with Gasteiger partial charge < -0.3 is 4.90 Å². The third-order valence-electron chi connectivity index (χ3n) is 5.09. The zero-order valence-electron chi connectivity index (χ0n) is 14.5. The van der Waals surface area contributed by atoms with Crippen molar-refractivity contribution < 1.29 is 0 Å². The van der Waals surface area contributed by atoms with Crippen LogP contribution >= 0.6 is 11.3 Å². The van der Waals surface area contributed by atoms with Crippen molar-refractivity contribution in [1.82, 2.24) is 9.88 Å². The summed E-state index contributed by atoms with van der Waals surface area (Å²) in [5.41, 5.74) is 4.98. The molecule has 4 rings (SSSR count). The van der Waals surface area contributed by atoms with Gasteiger partial charge in [0, 0.05) is 19.0 Å². The molecular weight excluding hydrogens is 312 g/mol. The van der Waals surface area contributed by atoms with Crippen LogP contribution in [-0.4, -0.2) is 29.0 Å². The summed E-state index contributed by atoms with van der Waals surface area (Å²) in [7, 11) is 0. The van der Waals surface area contributed by atoms with Gasteiger partial charge in [0.15, 0.2) is 0 Å². The van der Waals surface area contributed by atoms with Gasteiger partial charge in [-0.1, -0.05) is 35.9 Å². The summed E-state index contributed by atoms with van der Waals surface area (Å²) in [6.07, 6.45) is 3.77. The van der Waals surface area contributed by atoms with Crippen LogP contribution in [0.4, 0.5) is 0 Å². The molecule has 1 fully saturated rings. The minimum atomic E-state index is 0.743. The van der Waals surface area contributed by atoms with E-state index in [9.17, 15) is 0 Å². The van der Waals surface area contributed by atoms with Crippen LogP contribution in [0.1, 0.15) is 30.3 Å². The number of aryl methyl sites for hydroxylation is 1. The summed E-state index contributed by atoms with van der Waals surface area (Å²) in [5.74, 6) is 0. The highest BCUT2D eigenvalue weighted by Gasteiger charge is 2.20. The molecule has 0 aliphatic carbocycles. The highest BCUT2D eigenvalue weighted by atomic mass is 32.1. The Balaban J connectivity index is 1.55. The largest absolute Gasteiger partial charge is 0.300 e. The molecule has 124 valence electrons. The third kappa shape index (κ3) is 3.24. The topological polar surface area (TPSA) is 16.1 Å². The standard InChI is InChI=1S/C21H24N2S/c1-15-5-3-7-17(13-15)18-8-9-20-19(14-18)22-21(24-20)10-12-23-11-4-6-16(23)2/h3,5,7-9,13-14,16H,4,6,10-12H2,1-2H3/t16-/m1/s1. The van der Waals surface area contributed by atoms with Crippen molar-refractivity contribution in [1.29, 1.82) is 0 Å². The summed E-state index contributed by atoms with van der Waals surface area (Å²) < 4.78 is 1.30. The average Bonchev–Trinajstić information content (AvgIpc) is 3.17. The number of hydrogen-bond acceptors (Lipinski definition) is 3. The summed E-state index contributed by atoms with van der Waals surface area (Å²) in [4.78, 5) is 7.50. The smallest absolute Gasteiger partial charge is 0.0951 e. The van der Waals surface area contributed by atoms with Crippen molar-refractivity contribution in [2.45, 2.75) is 39.2 Å². The lowest BCUT2D eigenvalue weighted by atomic mass is 10.0. The molecule has 2 nitrogen and oxygen atoms in total. The Morgan fingerprint density at radius 3 is 2.83 bits per heavy atom. The second-order valence-electron chi connectivity index (χ2n) is 6.94. The Morgan fingerprint density at radius 2 is 2.04 bits per heavy atom. The second-order valence-corrected chi connectivity index (χ2v) is 8.05. The Labute approximate surface area is 148 Å². The van der Waals surface area contributed by atoms with Crippen LogP contribution in [0, 0.1) is 6.92 Å². The van der Waals surface area contributed by atoms with Gasteiger partial charge >= 0.3 is 0 Å². The highest BCUT2D eigenvalue weighted by molar-refractivity contribution is 7.18. The van der Waals surface area contributed by atoms with E-state index in [0.717, 1.165) is 24.5 Å². The van der Waals surface area contributed by atoms with Crippen LogP contribution in [0.15, 0.2) is 42.5 Å². The number of hydrogen-bond donors (Lipinski definition) is 0. The first kappa shape index (κ1) is 15.8. The fourth-order valence-electron chi connectivity index (χ4n) is 3.65. The number of thiazole rings is 1. The zero-order chi connectivity index (χ0) is 16.5. The van der Waals surface area contributed by atoms with E-state index < -0.39 is 0 Å². The van der Waals surface area contributed by atoms with Crippen LogP contribution in [0.25, 0.3) is 21.3 Å². The van der Waals surface area contributed by atoms with Gasteiger partial charge in [-0.25, -0.2) is 4.98 Å². The molecule has 0 radical (unpaired) electrons. The van der Waals surface area contributed by atoms with Crippen molar-refractivity contribution in [3.05, 3.63) is 53.0 Å². The van der Waals surface area contributed by atoms with Crippen LogP contribution in [-0.2, 0) is 6.42 Å². The van der Waals surface area contributed by atoms with E-state index in [1.165, 1.54) is 45.8 Å². The number of aromatic nitrogens is 1. The van der Waals surface area contributed by atoms with Crippen LogP contribution in [0.3, 0.4) is 0 Å². The molecule has 0 N–H and O–H groups in total. The first-order valence-electron chi connectivity index (χ1n) is 8.89. The SMILES string of the molecule is Cc1cccc(-c2ccc3sc(CCN4CCC[C@H]4C)nc3c2)c1. The predicted molar refractivity (Wildman–Crippen MR) is 104 cm³/mol. The van der Waals surface area contributed by atoms with E-state index in [2.05, 4.69) is 61.2 Å². The Kier molecular flexibility index (Phi) is 4.38. The molecule has 1 aromatic heterocycles. The first-order chi connectivity index (χ1) is 11.7. The highest BCUT2D eigenvalue weighted by Crippen LogP contribution is 2.29. The van der Waals surface area contributed by atoms with E-state index in [0.29, 0.717) is 0 Å². The Hall–Kier alpha value is -1.71. The van der Waals surface area contributed by atoms with Gasteiger partial charge in [0.2, 0.25) is 0 Å². The predicted octanol–water partition coefficient (Wildman–Crippen LogP) is 5.30. The van der Waals surface area contributed by atoms with Crippen LogP contribution < -0.4 is 0 Å². The minimum Gasteiger partial charge on any atom is -0.300 e. The molecule has 1 atom stereocenters. The lowest BCUT2D eigenvalue weighted by molar-refractivity contribution is 0.272. The molecule has 24 heavy (non-hydrogen) atoms. The van der Waals surface area contributed by atoms with Crippen molar-refractivity contribution in [3.8, 4) is 11.1 Å².